The molecule has 0 aliphatic carbocycles. The molecule has 1 aromatic carbocycles. The molecule has 2 rings (SSSR count). The monoisotopic (exact) mass is 274 g/mol. The van der Waals surface area contributed by atoms with Crippen LogP contribution in [0.25, 0.3) is 0 Å². The van der Waals surface area contributed by atoms with E-state index in [0.717, 1.165) is 0 Å². The van der Waals surface area contributed by atoms with E-state index >= 15 is 0 Å². The standard InChI is InChI=1S/C12H13F3N2O2/c13-12(14,15)11(18)9(6-7-16)10(17-19-11)8-4-2-1-3-5-8/h1-5,9,18H,6-7,16H2/t9-,11-/m0/s1. The summed E-state index contributed by atoms with van der Waals surface area (Å²) in [5.74, 6) is -4.64. The van der Waals surface area contributed by atoms with E-state index in [9.17, 15) is 18.3 Å². The first-order valence-electron chi connectivity index (χ1n) is 5.71. The van der Waals surface area contributed by atoms with Gasteiger partial charge in [-0.15, -0.1) is 0 Å². The van der Waals surface area contributed by atoms with Crippen LogP contribution in [-0.2, 0) is 4.84 Å². The number of aliphatic hydroxyl groups is 1. The maximum Gasteiger partial charge on any atom is 0.458 e. The molecule has 0 spiro atoms. The molecule has 0 saturated carbocycles. The van der Waals surface area contributed by atoms with Gasteiger partial charge < -0.3 is 15.7 Å². The number of benzene rings is 1. The first-order valence-corrected chi connectivity index (χ1v) is 5.71. The third-order valence-electron chi connectivity index (χ3n) is 3.02. The van der Waals surface area contributed by atoms with Gasteiger partial charge in [0.2, 0.25) is 0 Å². The summed E-state index contributed by atoms with van der Waals surface area (Å²) < 4.78 is 38.8. The van der Waals surface area contributed by atoms with Crippen LogP contribution in [0, 0.1) is 5.92 Å². The molecule has 2 atom stereocenters. The minimum absolute atomic E-state index is 0.0156. The Morgan fingerprint density at radius 1 is 1.32 bits per heavy atom. The third kappa shape index (κ3) is 2.31. The number of oxime groups is 1. The third-order valence-corrected chi connectivity index (χ3v) is 3.02. The highest BCUT2D eigenvalue weighted by Crippen LogP contribution is 2.44. The van der Waals surface area contributed by atoms with Crippen molar-refractivity contribution in [2.75, 3.05) is 6.54 Å². The van der Waals surface area contributed by atoms with Crippen LogP contribution < -0.4 is 5.73 Å². The van der Waals surface area contributed by atoms with E-state index in [0.29, 0.717) is 5.56 Å². The Labute approximate surface area is 107 Å². The molecular formula is C12H13F3N2O2. The van der Waals surface area contributed by atoms with Gasteiger partial charge in [0.15, 0.2) is 0 Å². The minimum Gasteiger partial charge on any atom is -0.349 e. The molecule has 3 N–H and O–H groups in total. The second-order valence-corrected chi connectivity index (χ2v) is 4.26. The van der Waals surface area contributed by atoms with E-state index in [1.165, 1.54) is 0 Å². The zero-order chi connectivity index (χ0) is 14.1. The van der Waals surface area contributed by atoms with Gasteiger partial charge in [-0.05, 0) is 18.5 Å². The normalized spacial score (nSPS) is 27.0. The van der Waals surface area contributed by atoms with E-state index in [1.807, 2.05) is 0 Å². The van der Waals surface area contributed by atoms with Gasteiger partial charge in [0.05, 0.1) is 11.6 Å². The smallest absolute Gasteiger partial charge is 0.349 e. The van der Waals surface area contributed by atoms with Gasteiger partial charge in [0.25, 0.3) is 0 Å². The number of rotatable bonds is 3. The lowest BCUT2D eigenvalue weighted by molar-refractivity contribution is -0.370. The van der Waals surface area contributed by atoms with Crippen molar-refractivity contribution in [1.82, 2.24) is 0 Å². The zero-order valence-electron chi connectivity index (χ0n) is 9.89. The van der Waals surface area contributed by atoms with Gasteiger partial charge in [-0.3, -0.25) is 0 Å². The molecule has 19 heavy (non-hydrogen) atoms. The Kier molecular flexibility index (Phi) is 3.51. The first kappa shape index (κ1) is 13.8. The fraction of sp³-hybridized carbons (Fsp3) is 0.417. The van der Waals surface area contributed by atoms with E-state index < -0.39 is 17.9 Å². The molecule has 0 fully saturated rings. The van der Waals surface area contributed by atoms with Gasteiger partial charge in [-0.1, -0.05) is 35.5 Å². The summed E-state index contributed by atoms with van der Waals surface area (Å²) in [4.78, 5) is 4.30. The average Bonchev–Trinajstić information content (AvgIpc) is 2.70. The highest BCUT2D eigenvalue weighted by atomic mass is 19.4. The van der Waals surface area contributed by atoms with E-state index in [2.05, 4.69) is 9.99 Å². The quantitative estimate of drug-likeness (QED) is 0.880. The van der Waals surface area contributed by atoms with Gasteiger partial charge in [-0.2, -0.15) is 13.2 Å². The minimum atomic E-state index is -4.94. The molecule has 0 aromatic heterocycles. The van der Waals surface area contributed by atoms with Crippen molar-refractivity contribution < 1.29 is 23.1 Å². The molecule has 0 unspecified atom stereocenters. The summed E-state index contributed by atoms with van der Waals surface area (Å²) in [7, 11) is 0. The van der Waals surface area contributed by atoms with E-state index in [-0.39, 0.29) is 18.7 Å². The lowest BCUT2D eigenvalue weighted by atomic mass is 9.87. The van der Waals surface area contributed by atoms with Gasteiger partial charge >= 0.3 is 12.0 Å². The van der Waals surface area contributed by atoms with Crippen molar-refractivity contribution >= 4 is 5.71 Å². The molecule has 1 aliphatic rings. The summed E-state index contributed by atoms with van der Waals surface area (Å²) in [5.41, 5.74) is 5.86. The van der Waals surface area contributed by atoms with Gasteiger partial charge in [0, 0.05) is 0 Å². The highest BCUT2D eigenvalue weighted by Gasteiger charge is 2.66. The second-order valence-electron chi connectivity index (χ2n) is 4.26. The van der Waals surface area contributed by atoms with Crippen molar-refractivity contribution in [3.8, 4) is 0 Å². The topological polar surface area (TPSA) is 67.8 Å². The van der Waals surface area contributed by atoms with Crippen LogP contribution in [-0.4, -0.2) is 29.3 Å². The summed E-state index contributed by atoms with van der Waals surface area (Å²) in [5, 5.41) is 13.1. The molecule has 0 amide bonds. The van der Waals surface area contributed by atoms with Crippen LogP contribution in [0.2, 0.25) is 0 Å². The predicted molar refractivity (Wildman–Crippen MR) is 62.2 cm³/mol. The van der Waals surface area contributed by atoms with Crippen LogP contribution in [0.5, 0.6) is 0 Å². The Morgan fingerprint density at radius 3 is 2.47 bits per heavy atom. The highest BCUT2D eigenvalue weighted by molar-refractivity contribution is 6.03. The first-order chi connectivity index (χ1) is 8.90. The second kappa shape index (κ2) is 4.82. The molecule has 0 saturated heterocycles. The number of hydrogen-bond donors (Lipinski definition) is 2. The van der Waals surface area contributed by atoms with E-state index in [4.69, 9.17) is 5.73 Å². The number of alkyl halides is 3. The Hall–Kier alpha value is -1.60. The number of nitrogens with two attached hydrogens (primary N) is 1. The summed E-state index contributed by atoms with van der Waals surface area (Å²) in [6, 6.07) is 8.28. The maximum atomic E-state index is 12.9. The van der Waals surface area contributed by atoms with Crippen LogP contribution in [0.15, 0.2) is 35.5 Å². The molecule has 0 bridgehead atoms. The van der Waals surface area contributed by atoms with Crippen LogP contribution in [0.4, 0.5) is 13.2 Å². The number of nitrogens with zero attached hydrogens (tertiary/aromatic N) is 1. The molecule has 104 valence electrons. The molecule has 7 heteroatoms. The fourth-order valence-electron chi connectivity index (χ4n) is 2.04. The summed E-state index contributed by atoms with van der Waals surface area (Å²) in [6.07, 6.45) is -5.02. The summed E-state index contributed by atoms with van der Waals surface area (Å²) in [6.45, 7) is -0.0156. The lowest BCUT2D eigenvalue weighted by Gasteiger charge is -2.29. The van der Waals surface area contributed by atoms with Crippen molar-refractivity contribution in [3.63, 3.8) is 0 Å². The lowest BCUT2D eigenvalue weighted by Crippen LogP contribution is -2.52. The van der Waals surface area contributed by atoms with Crippen molar-refractivity contribution in [2.45, 2.75) is 18.4 Å². The maximum absolute atomic E-state index is 12.9. The Bertz CT molecular complexity index is 476. The van der Waals surface area contributed by atoms with Crippen LogP contribution in [0.3, 0.4) is 0 Å². The number of halogens is 3. The summed E-state index contributed by atoms with van der Waals surface area (Å²) >= 11 is 0. The Balaban J connectivity index is 2.37. The Morgan fingerprint density at radius 2 is 1.95 bits per heavy atom. The largest absolute Gasteiger partial charge is 0.458 e. The SMILES string of the molecule is NCC[C@H]1C(c2ccccc2)=NO[C@]1(O)C(F)(F)F. The fourth-order valence-corrected chi connectivity index (χ4v) is 2.04. The van der Waals surface area contributed by atoms with E-state index in [1.54, 1.807) is 30.3 Å². The average molecular weight is 274 g/mol. The van der Waals surface area contributed by atoms with Crippen molar-refractivity contribution in [3.05, 3.63) is 35.9 Å². The van der Waals surface area contributed by atoms with Crippen molar-refractivity contribution in [2.24, 2.45) is 16.8 Å². The zero-order valence-corrected chi connectivity index (χ0v) is 9.89. The molecule has 1 aromatic rings. The van der Waals surface area contributed by atoms with Gasteiger partial charge in [0.1, 0.15) is 0 Å². The molecule has 0 radical (unpaired) electrons. The van der Waals surface area contributed by atoms with Crippen LogP contribution in [0.1, 0.15) is 12.0 Å². The van der Waals surface area contributed by atoms with Crippen LogP contribution >= 0.6 is 0 Å². The van der Waals surface area contributed by atoms with Crippen molar-refractivity contribution in [1.29, 1.82) is 0 Å². The number of hydrogen-bond acceptors (Lipinski definition) is 4. The molecule has 1 aliphatic heterocycles. The predicted octanol–water partition coefficient (Wildman–Crippen LogP) is 1.64. The molecule has 1 heterocycles. The molecular weight excluding hydrogens is 261 g/mol. The molecule has 4 nitrogen and oxygen atoms in total. The van der Waals surface area contributed by atoms with Gasteiger partial charge in [-0.25, -0.2) is 0 Å².